The molecule has 164 valence electrons. The summed E-state index contributed by atoms with van der Waals surface area (Å²) in [5.74, 6) is 0.804. The minimum absolute atomic E-state index is 0.0232. The van der Waals surface area contributed by atoms with Crippen LogP contribution in [0.3, 0.4) is 0 Å². The molecule has 4 rings (SSSR count). The summed E-state index contributed by atoms with van der Waals surface area (Å²) >= 11 is 0. The third-order valence-electron chi connectivity index (χ3n) is 6.43. The lowest BCUT2D eigenvalue weighted by molar-refractivity contribution is 0.105. The highest BCUT2D eigenvalue weighted by atomic mass is 16.1. The highest BCUT2D eigenvalue weighted by Crippen LogP contribution is 2.26. The average molecular weight is 419 g/mol. The standard InChI is InChI=1S/C26H34N4O/c27-23(19-30-16-8-3-9-17-30)25(26(31)20-10-4-1-5-11-20)21-14-15-28-24(18-21)29-22-12-6-2-7-13-22/h1,4-5,10-11,14-15,18,22H,2-3,6-9,12-13,16-17,19,27H2,(H,28,29). The smallest absolute Gasteiger partial charge is 0.195 e. The van der Waals surface area contributed by atoms with Crippen LogP contribution in [-0.4, -0.2) is 41.3 Å². The topological polar surface area (TPSA) is 71.2 Å². The second-order valence-electron chi connectivity index (χ2n) is 8.84. The minimum Gasteiger partial charge on any atom is -0.400 e. The first-order valence-corrected chi connectivity index (χ1v) is 11.7. The Morgan fingerprint density at radius 1 is 0.968 bits per heavy atom. The Bertz CT molecular complexity index is 897. The van der Waals surface area contributed by atoms with E-state index in [1.807, 2.05) is 42.5 Å². The molecule has 2 fully saturated rings. The zero-order chi connectivity index (χ0) is 21.5. The third-order valence-corrected chi connectivity index (χ3v) is 6.43. The summed E-state index contributed by atoms with van der Waals surface area (Å²) in [6.07, 6.45) is 11.6. The summed E-state index contributed by atoms with van der Waals surface area (Å²) in [4.78, 5) is 20.4. The number of anilines is 1. The Kier molecular flexibility index (Phi) is 7.36. The van der Waals surface area contributed by atoms with Crippen molar-refractivity contribution in [2.45, 2.75) is 57.4 Å². The van der Waals surface area contributed by atoms with Crippen LogP contribution in [0.1, 0.15) is 67.3 Å². The minimum atomic E-state index is -0.0232. The lowest BCUT2D eigenvalue weighted by atomic mass is 9.94. The molecule has 0 atom stereocenters. The second kappa shape index (κ2) is 10.6. The van der Waals surface area contributed by atoms with Gasteiger partial charge in [0.2, 0.25) is 0 Å². The highest BCUT2D eigenvalue weighted by Gasteiger charge is 2.21. The number of pyridine rings is 1. The molecule has 2 aliphatic rings. The van der Waals surface area contributed by atoms with E-state index in [2.05, 4.69) is 15.2 Å². The van der Waals surface area contributed by atoms with E-state index in [-0.39, 0.29) is 5.78 Å². The number of Topliss-reactive ketones (excluding diaryl/α,β-unsaturated/α-hetero) is 1. The molecule has 5 nitrogen and oxygen atoms in total. The summed E-state index contributed by atoms with van der Waals surface area (Å²) in [7, 11) is 0. The summed E-state index contributed by atoms with van der Waals surface area (Å²) in [5.41, 5.74) is 9.39. The molecule has 1 aromatic carbocycles. The van der Waals surface area contributed by atoms with Crippen LogP contribution in [-0.2, 0) is 0 Å². The van der Waals surface area contributed by atoms with Gasteiger partial charge in [-0.2, -0.15) is 0 Å². The van der Waals surface area contributed by atoms with Gasteiger partial charge in [0.25, 0.3) is 0 Å². The van der Waals surface area contributed by atoms with Gasteiger partial charge in [-0.05, 0) is 56.5 Å². The first-order valence-electron chi connectivity index (χ1n) is 11.7. The van der Waals surface area contributed by atoms with Gasteiger partial charge in [0.15, 0.2) is 5.78 Å². The van der Waals surface area contributed by atoms with Gasteiger partial charge < -0.3 is 11.1 Å². The van der Waals surface area contributed by atoms with Crippen LogP contribution >= 0.6 is 0 Å². The zero-order valence-electron chi connectivity index (χ0n) is 18.4. The zero-order valence-corrected chi connectivity index (χ0v) is 18.4. The fraction of sp³-hybridized carbons (Fsp3) is 0.462. The Hall–Kier alpha value is -2.66. The fourth-order valence-electron chi connectivity index (χ4n) is 4.75. The van der Waals surface area contributed by atoms with Gasteiger partial charge in [0.1, 0.15) is 5.82 Å². The Morgan fingerprint density at radius 2 is 1.68 bits per heavy atom. The van der Waals surface area contributed by atoms with E-state index in [1.54, 1.807) is 6.20 Å². The number of carbonyl (C=O) groups is 1. The number of nitrogens with zero attached hydrogens (tertiary/aromatic N) is 2. The molecule has 2 aromatic rings. The van der Waals surface area contributed by atoms with E-state index in [9.17, 15) is 4.79 Å². The molecule has 1 saturated heterocycles. The normalized spacial score (nSPS) is 19.0. The predicted molar refractivity (Wildman–Crippen MR) is 127 cm³/mol. The number of allylic oxidation sites excluding steroid dienone is 1. The molecule has 0 unspecified atom stereocenters. The number of ketones is 1. The van der Waals surface area contributed by atoms with Crippen LogP contribution in [0.5, 0.6) is 0 Å². The number of hydrogen-bond acceptors (Lipinski definition) is 5. The van der Waals surface area contributed by atoms with Crippen molar-refractivity contribution in [3.8, 4) is 0 Å². The van der Waals surface area contributed by atoms with Gasteiger partial charge in [-0.15, -0.1) is 0 Å². The van der Waals surface area contributed by atoms with E-state index in [0.717, 1.165) is 24.5 Å². The lowest BCUT2D eigenvalue weighted by Gasteiger charge is -2.27. The van der Waals surface area contributed by atoms with Crippen molar-refractivity contribution in [2.75, 3.05) is 25.0 Å². The SMILES string of the molecule is NC(CN1CCCCC1)=C(C(=O)c1ccccc1)c1ccnc(NC2CCCCC2)c1. The maximum Gasteiger partial charge on any atom is 0.195 e. The van der Waals surface area contributed by atoms with Crippen molar-refractivity contribution >= 4 is 17.2 Å². The molecule has 0 radical (unpaired) electrons. The molecule has 1 aliphatic heterocycles. The van der Waals surface area contributed by atoms with Gasteiger partial charge >= 0.3 is 0 Å². The Labute approximate surface area is 185 Å². The largest absolute Gasteiger partial charge is 0.400 e. The highest BCUT2D eigenvalue weighted by molar-refractivity contribution is 6.29. The van der Waals surface area contributed by atoms with Gasteiger partial charge in [0.05, 0.1) is 0 Å². The van der Waals surface area contributed by atoms with E-state index >= 15 is 0 Å². The summed E-state index contributed by atoms with van der Waals surface area (Å²) < 4.78 is 0. The van der Waals surface area contributed by atoms with Crippen LogP contribution in [0, 0.1) is 0 Å². The van der Waals surface area contributed by atoms with Crippen LogP contribution in [0.25, 0.3) is 5.57 Å². The van der Waals surface area contributed by atoms with Crippen LogP contribution < -0.4 is 11.1 Å². The van der Waals surface area contributed by atoms with Crippen molar-refractivity contribution in [2.24, 2.45) is 5.73 Å². The molecule has 3 N–H and O–H groups in total. The number of nitrogens with one attached hydrogen (secondary N) is 1. The van der Waals surface area contributed by atoms with Gasteiger partial charge in [-0.1, -0.05) is 56.0 Å². The number of benzene rings is 1. The van der Waals surface area contributed by atoms with Crippen LogP contribution in [0.2, 0.25) is 0 Å². The van der Waals surface area contributed by atoms with Crippen LogP contribution in [0.15, 0.2) is 54.4 Å². The first kappa shape index (κ1) is 21.6. The van der Waals surface area contributed by atoms with E-state index in [4.69, 9.17) is 5.73 Å². The fourth-order valence-corrected chi connectivity index (χ4v) is 4.75. The maximum absolute atomic E-state index is 13.5. The number of rotatable bonds is 7. The van der Waals surface area contributed by atoms with Crippen molar-refractivity contribution < 1.29 is 4.79 Å². The number of piperidine rings is 1. The number of nitrogens with two attached hydrogens (primary N) is 1. The third kappa shape index (κ3) is 5.73. The summed E-state index contributed by atoms with van der Waals surface area (Å²) in [6.45, 7) is 2.71. The Balaban J connectivity index is 1.64. The van der Waals surface area contributed by atoms with Crippen molar-refractivity contribution in [1.82, 2.24) is 9.88 Å². The predicted octanol–water partition coefficient (Wildman–Crippen LogP) is 4.86. The monoisotopic (exact) mass is 418 g/mol. The van der Waals surface area contributed by atoms with Gasteiger partial charge in [0, 0.05) is 35.6 Å². The summed E-state index contributed by atoms with van der Waals surface area (Å²) in [5, 5.41) is 3.58. The molecular formula is C26H34N4O. The number of carbonyl (C=O) groups excluding carboxylic acids is 1. The number of aromatic nitrogens is 1. The van der Waals surface area contributed by atoms with E-state index < -0.39 is 0 Å². The average Bonchev–Trinajstić information content (AvgIpc) is 2.81. The van der Waals surface area contributed by atoms with Crippen molar-refractivity contribution in [3.63, 3.8) is 0 Å². The molecule has 31 heavy (non-hydrogen) atoms. The lowest BCUT2D eigenvalue weighted by Crippen LogP contribution is -2.34. The molecule has 2 heterocycles. The maximum atomic E-state index is 13.5. The number of likely N-dealkylation sites (tertiary alicyclic amines) is 1. The van der Waals surface area contributed by atoms with E-state index in [0.29, 0.717) is 29.4 Å². The first-order chi connectivity index (χ1) is 15.2. The number of hydrogen-bond donors (Lipinski definition) is 2. The summed E-state index contributed by atoms with van der Waals surface area (Å²) in [6, 6.07) is 13.8. The van der Waals surface area contributed by atoms with Gasteiger partial charge in [-0.25, -0.2) is 4.98 Å². The molecule has 0 bridgehead atoms. The quantitative estimate of drug-likeness (QED) is 0.496. The second-order valence-corrected chi connectivity index (χ2v) is 8.84. The van der Waals surface area contributed by atoms with E-state index in [1.165, 1.54) is 51.4 Å². The van der Waals surface area contributed by atoms with Gasteiger partial charge in [-0.3, -0.25) is 9.69 Å². The molecular weight excluding hydrogens is 384 g/mol. The molecule has 1 aromatic heterocycles. The Morgan fingerprint density at radius 3 is 2.42 bits per heavy atom. The van der Waals surface area contributed by atoms with Crippen LogP contribution in [0.4, 0.5) is 5.82 Å². The molecule has 0 amide bonds. The van der Waals surface area contributed by atoms with Crippen molar-refractivity contribution in [3.05, 3.63) is 65.5 Å². The molecule has 5 heteroatoms. The van der Waals surface area contributed by atoms with Crippen molar-refractivity contribution in [1.29, 1.82) is 0 Å². The molecule has 1 saturated carbocycles. The molecule has 1 aliphatic carbocycles. The molecule has 0 spiro atoms.